The fourth-order valence-electron chi connectivity index (χ4n) is 3.59. The maximum Gasteiger partial charge on any atom is 0.338 e. The predicted molar refractivity (Wildman–Crippen MR) is 112 cm³/mol. The zero-order chi connectivity index (χ0) is 20.4. The van der Waals surface area contributed by atoms with Crippen LogP contribution >= 0.6 is 11.8 Å². The molecule has 0 N–H and O–H groups in total. The van der Waals surface area contributed by atoms with Gasteiger partial charge in [-0.1, -0.05) is 48.2 Å². The molecule has 4 rings (SSSR count). The summed E-state index contributed by atoms with van der Waals surface area (Å²) in [5, 5.41) is 0.291. The van der Waals surface area contributed by atoms with Crippen LogP contribution in [-0.4, -0.2) is 38.8 Å². The number of hydrogen-bond donors (Lipinski definition) is 0. The normalized spacial score (nSPS) is 21.1. The van der Waals surface area contributed by atoms with Crippen LogP contribution < -0.4 is 0 Å². The van der Waals surface area contributed by atoms with Crippen LogP contribution in [0.4, 0.5) is 0 Å². The van der Waals surface area contributed by atoms with E-state index in [1.165, 1.54) is 11.8 Å². The summed E-state index contributed by atoms with van der Waals surface area (Å²) in [5.41, 5.74) is 2.71. The zero-order valence-corrected chi connectivity index (χ0v) is 17.1. The van der Waals surface area contributed by atoms with Crippen molar-refractivity contribution in [2.75, 3.05) is 6.61 Å². The number of thioether (sulfide) groups is 1. The van der Waals surface area contributed by atoms with E-state index in [2.05, 4.69) is 9.98 Å². The van der Waals surface area contributed by atoms with Crippen LogP contribution in [0.2, 0.25) is 0 Å². The molecule has 2 aliphatic heterocycles. The molecule has 2 aromatic rings. The van der Waals surface area contributed by atoms with E-state index in [4.69, 9.17) is 4.74 Å². The summed E-state index contributed by atoms with van der Waals surface area (Å²) < 4.78 is 5.29. The number of carbonyl (C=O) groups is 2. The average Bonchev–Trinajstić information content (AvgIpc) is 3.03. The minimum absolute atomic E-state index is 0.0671. The Morgan fingerprint density at radius 2 is 1.93 bits per heavy atom. The first kappa shape index (κ1) is 19.4. The van der Waals surface area contributed by atoms with Gasteiger partial charge in [0.25, 0.3) is 0 Å². The van der Waals surface area contributed by atoms with Gasteiger partial charge in [-0.3, -0.25) is 14.7 Å². The Bertz CT molecular complexity index is 989. The van der Waals surface area contributed by atoms with E-state index in [-0.39, 0.29) is 17.8 Å². The number of rotatable bonds is 5. The van der Waals surface area contributed by atoms with Crippen molar-refractivity contribution in [3.63, 3.8) is 0 Å². The Labute approximate surface area is 173 Å². The number of fused-ring (bicyclic) bond motifs is 1. The third-order valence-electron chi connectivity index (χ3n) is 4.88. The van der Waals surface area contributed by atoms with Gasteiger partial charge in [0.15, 0.2) is 5.17 Å². The lowest BCUT2D eigenvalue weighted by Gasteiger charge is -2.33. The van der Waals surface area contributed by atoms with Gasteiger partial charge in [-0.15, -0.1) is 0 Å². The molecule has 2 unspecified atom stereocenters. The van der Waals surface area contributed by atoms with Gasteiger partial charge in [0, 0.05) is 18.3 Å². The fraction of sp³-hybridized carbons (Fsp3) is 0.273. The van der Waals surface area contributed by atoms with Crippen molar-refractivity contribution in [1.29, 1.82) is 0 Å². The first-order chi connectivity index (χ1) is 14.1. The number of ether oxygens (including phenoxy) is 1. The third kappa shape index (κ3) is 3.70. The molecule has 1 aromatic carbocycles. The minimum atomic E-state index is -0.545. The molecule has 1 fully saturated rings. The second-order valence-electron chi connectivity index (χ2n) is 6.77. The lowest BCUT2D eigenvalue weighted by molar-refractivity contribution is -0.139. The van der Waals surface area contributed by atoms with Crippen molar-refractivity contribution in [2.45, 2.75) is 31.6 Å². The first-order valence-corrected chi connectivity index (χ1v) is 10.4. The average molecular weight is 407 g/mol. The molecule has 148 valence electrons. The summed E-state index contributed by atoms with van der Waals surface area (Å²) in [6, 6.07) is 14.7. The van der Waals surface area contributed by atoms with E-state index in [1.54, 1.807) is 24.9 Å². The number of aliphatic imine (C=N–C) groups is 1. The number of allylic oxidation sites excluding steroid dienone is 1. The molecule has 1 saturated heterocycles. The van der Waals surface area contributed by atoms with Crippen molar-refractivity contribution in [1.82, 2.24) is 9.88 Å². The van der Waals surface area contributed by atoms with Crippen LogP contribution in [0, 0.1) is 0 Å². The van der Waals surface area contributed by atoms with E-state index in [9.17, 15) is 9.59 Å². The number of pyridine rings is 1. The minimum Gasteiger partial charge on any atom is -0.463 e. The highest BCUT2D eigenvalue weighted by molar-refractivity contribution is 8.15. The lowest BCUT2D eigenvalue weighted by Crippen LogP contribution is -2.41. The monoisotopic (exact) mass is 407 g/mol. The summed E-state index contributed by atoms with van der Waals surface area (Å²) in [6.07, 6.45) is 2.23. The summed E-state index contributed by atoms with van der Waals surface area (Å²) in [4.78, 5) is 36.7. The molecule has 0 bridgehead atoms. The molecule has 1 aromatic heterocycles. The number of amides is 1. The van der Waals surface area contributed by atoms with Crippen LogP contribution in [0.3, 0.4) is 0 Å². The zero-order valence-electron chi connectivity index (χ0n) is 16.2. The Balaban J connectivity index is 1.73. The van der Waals surface area contributed by atoms with Gasteiger partial charge >= 0.3 is 5.97 Å². The largest absolute Gasteiger partial charge is 0.463 e. The third-order valence-corrected chi connectivity index (χ3v) is 6.03. The van der Waals surface area contributed by atoms with Crippen molar-refractivity contribution in [2.24, 2.45) is 4.99 Å². The SMILES string of the molecule is CCOC(=O)C1=C(C)N=C2SC(Cc3ccccn3)C(=O)N2C1c1ccccc1. The highest BCUT2D eigenvalue weighted by Gasteiger charge is 2.47. The molecule has 3 heterocycles. The maximum absolute atomic E-state index is 13.4. The number of benzene rings is 1. The quantitative estimate of drug-likeness (QED) is 0.709. The van der Waals surface area contributed by atoms with E-state index in [1.807, 2.05) is 48.5 Å². The fourth-order valence-corrected chi connectivity index (χ4v) is 4.81. The van der Waals surface area contributed by atoms with Crippen molar-refractivity contribution < 1.29 is 14.3 Å². The highest BCUT2D eigenvalue weighted by atomic mass is 32.2. The van der Waals surface area contributed by atoms with Gasteiger partial charge in [0.2, 0.25) is 5.91 Å². The number of amidine groups is 1. The lowest BCUT2D eigenvalue weighted by atomic mass is 9.94. The van der Waals surface area contributed by atoms with Crippen molar-refractivity contribution >= 4 is 28.8 Å². The number of esters is 1. The predicted octanol–water partition coefficient (Wildman–Crippen LogP) is 3.52. The van der Waals surface area contributed by atoms with E-state index in [0.717, 1.165) is 11.3 Å². The van der Waals surface area contributed by atoms with Gasteiger partial charge in [-0.2, -0.15) is 0 Å². The first-order valence-electron chi connectivity index (χ1n) is 9.51. The molecule has 2 aliphatic rings. The molecule has 0 radical (unpaired) electrons. The molecule has 2 atom stereocenters. The molecular weight excluding hydrogens is 386 g/mol. The molecule has 6 nitrogen and oxygen atoms in total. The second-order valence-corrected chi connectivity index (χ2v) is 7.94. The van der Waals surface area contributed by atoms with Gasteiger partial charge < -0.3 is 4.74 Å². The van der Waals surface area contributed by atoms with E-state index < -0.39 is 12.0 Å². The number of nitrogens with zero attached hydrogens (tertiary/aromatic N) is 3. The van der Waals surface area contributed by atoms with Crippen molar-refractivity contribution in [3.8, 4) is 0 Å². The van der Waals surface area contributed by atoms with Crippen LogP contribution in [0.5, 0.6) is 0 Å². The van der Waals surface area contributed by atoms with Crippen LogP contribution in [-0.2, 0) is 20.7 Å². The molecule has 0 aliphatic carbocycles. The van der Waals surface area contributed by atoms with Crippen LogP contribution in [0.15, 0.2) is 71.0 Å². The molecular formula is C22H21N3O3S. The molecule has 0 spiro atoms. The van der Waals surface area contributed by atoms with Gasteiger partial charge in [0.1, 0.15) is 0 Å². The molecule has 7 heteroatoms. The van der Waals surface area contributed by atoms with E-state index >= 15 is 0 Å². The van der Waals surface area contributed by atoms with Crippen LogP contribution in [0.25, 0.3) is 0 Å². The smallest absolute Gasteiger partial charge is 0.338 e. The second kappa shape index (κ2) is 8.21. The summed E-state index contributed by atoms with van der Waals surface area (Å²) in [6.45, 7) is 3.82. The Morgan fingerprint density at radius 1 is 1.17 bits per heavy atom. The number of hydrogen-bond acceptors (Lipinski definition) is 6. The Morgan fingerprint density at radius 3 is 2.62 bits per heavy atom. The Kier molecular flexibility index (Phi) is 5.49. The van der Waals surface area contributed by atoms with E-state index in [0.29, 0.717) is 22.9 Å². The maximum atomic E-state index is 13.4. The summed E-state index contributed by atoms with van der Waals surface area (Å²) in [7, 11) is 0. The molecule has 0 saturated carbocycles. The summed E-state index contributed by atoms with van der Waals surface area (Å²) in [5.74, 6) is -0.504. The summed E-state index contributed by atoms with van der Waals surface area (Å²) >= 11 is 1.43. The molecule has 1 amide bonds. The van der Waals surface area contributed by atoms with Crippen LogP contribution in [0.1, 0.15) is 31.1 Å². The topological polar surface area (TPSA) is 71.9 Å². The molecule has 29 heavy (non-hydrogen) atoms. The van der Waals surface area contributed by atoms with Crippen molar-refractivity contribution in [3.05, 3.63) is 77.3 Å². The highest BCUT2D eigenvalue weighted by Crippen LogP contribution is 2.43. The number of carbonyl (C=O) groups excluding carboxylic acids is 2. The van der Waals surface area contributed by atoms with Gasteiger partial charge in [-0.05, 0) is 31.5 Å². The number of aromatic nitrogens is 1. The Hall–Kier alpha value is -2.93. The van der Waals surface area contributed by atoms with Gasteiger partial charge in [-0.25, -0.2) is 9.79 Å². The standard InChI is InChI=1S/C22H21N3O3S/c1-3-28-21(27)18-14(2)24-22-25(19(18)15-9-5-4-6-10-15)20(26)17(29-22)13-16-11-7-8-12-23-16/h4-12,17,19H,3,13H2,1-2H3. The van der Waals surface area contributed by atoms with Gasteiger partial charge in [0.05, 0.1) is 29.2 Å².